The quantitative estimate of drug-likeness (QED) is 0.376. The maximum atomic E-state index is 12.4. The summed E-state index contributed by atoms with van der Waals surface area (Å²) in [7, 11) is 0. The molecule has 7 nitrogen and oxygen atoms in total. The number of H-pyrrole nitrogens is 1. The standard InChI is InChI=1S/C20H16N6OS/c1-11-6-5-8-14-17(11)23-16(24-19(14)27)10-28-20-22-15-9-4-3-7-13(15)18-21-12(2)25-26(18)20/h3-9H,10H2,1-2H3,(H,23,24,27). The van der Waals surface area contributed by atoms with Crippen LogP contribution < -0.4 is 5.56 Å². The lowest BCUT2D eigenvalue weighted by Crippen LogP contribution is -2.12. The minimum Gasteiger partial charge on any atom is -0.309 e. The van der Waals surface area contributed by atoms with Gasteiger partial charge in [0.05, 0.1) is 22.2 Å². The van der Waals surface area contributed by atoms with Crippen molar-refractivity contribution in [2.45, 2.75) is 24.8 Å². The zero-order chi connectivity index (χ0) is 19.3. The second-order valence-electron chi connectivity index (χ2n) is 6.58. The summed E-state index contributed by atoms with van der Waals surface area (Å²) in [6.45, 7) is 3.82. The second kappa shape index (κ2) is 6.42. The van der Waals surface area contributed by atoms with Gasteiger partial charge >= 0.3 is 0 Å². The van der Waals surface area contributed by atoms with Crippen molar-refractivity contribution in [2.75, 3.05) is 0 Å². The molecule has 0 aliphatic heterocycles. The molecule has 5 rings (SSSR count). The third-order valence-electron chi connectivity index (χ3n) is 4.58. The summed E-state index contributed by atoms with van der Waals surface area (Å²) in [5, 5.41) is 6.76. The number of fused-ring (bicyclic) bond motifs is 4. The number of aryl methyl sites for hydroxylation is 2. The Morgan fingerprint density at radius 1 is 1.00 bits per heavy atom. The molecule has 0 atom stereocenters. The van der Waals surface area contributed by atoms with Crippen molar-refractivity contribution in [1.82, 2.24) is 29.5 Å². The molecular weight excluding hydrogens is 372 g/mol. The zero-order valence-electron chi connectivity index (χ0n) is 15.3. The first-order valence-corrected chi connectivity index (χ1v) is 9.82. The van der Waals surface area contributed by atoms with E-state index < -0.39 is 0 Å². The molecule has 0 saturated heterocycles. The summed E-state index contributed by atoms with van der Waals surface area (Å²) in [6, 6.07) is 13.5. The van der Waals surface area contributed by atoms with Gasteiger partial charge in [-0.05, 0) is 37.6 Å². The van der Waals surface area contributed by atoms with Gasteiger partial charge in [0, 0.05) is 5.39 Å². The van der Waals surface area contributed by atoms with Crippen LogP contribution in [0.1, 0.15) is 17.2 Å². The normalized spacial score (nSPS) is 11.6. The first-order chi connectivity index (χ1) is 13.6. The van der Waals surface area contributed by atoms with Gasteiger partial charge < -0.3 is 4.98 Å². The lowest BCUT2D eigenvalue weighted by Gasteiger charge is -2.07. The molecule has 0 bridgehead atoms. The van der Waals surface area contributed by atoms with E-state index in [9.17, 15) is 4.79 Å². The van der Waals surface area contributed by atoms with E-state index in [1.807, 2.05) is 50.2 Å². The molecule has 28 heavy (non-hydrogen) atoms. The average Bonchev–Trinajstić information content (AvgIpc) is 3.09. The summed E-state index contributed by atoms with van der Waals surface area (Å²) >= 11 is 1.47. The van der Waals surface area contributed by atoms with E-state index in [1.165, 1.54) is 11.8 Å². The second-order valence-corrected chi connectivity index (χ2v) is 7.52. The number of para-hydroxylation sites is 2. The minimum atomic E-state index is -0.127. The first kappa shape index (κ1) is 16.9. The zero-order valence-corrected chi connectivity index (χ0v) is 16.1. The topological polar surface area (TPSA) is 88.8 Å². The fraction of sp³-hybridized carbons (Fsp3) is 0.150. The molecular formula is C20H16N6OS. The molecule has 0 fully saturated rings. The molecule has 0 aliphatic carbocycles. The Morgan fingerprint density at radius 3 is 2.71 bits per heavy atom. The molecule has 0 aliphatic rings. The van der Waals surface area contributed by atoms with Crippen molar-refractivity contribution < 1.29 is 0 Å². The minimum absolute atomic E-state index is 0.127. The number of hydrogen-bond acceptors (Lipinski definition) is 6. The van der Waals surface area contributed by atoms with Gasteiger partial charge in [-0.3, -0.25) is 4.79 Å². The SMILES string of the molecule is Cc1nc2c3ccccc3nc(SCc3nc4c(C)cccc4c(=O)[nH]3)n2n1. The largest absolute Gasteiger partial charge is 0.309 e. The van der Waals surface area contributed by atoms with Crippen LogP contribution in [0.4, 0.5) is 0 Å². The molecule has 3 aromatic heterocycles. The summed E-state index contributed by atoms with van der Waals surface area (Å²) in [4.78, 5) is 29.2. The molecule has 2 aromatic carbocycles. The summed E-state index contributed by atoms with van der Waals surface area (Å²) < 4.78 is 1.76. The molecule has 138 valence electrons. The van der Waals surface area contributed by atoms with Gasteiger partial charge in [-0.15, -0.1) is 5.10 Å². The highest BCUT2D eigenvalue weighted by Gasteiger charge is 2.13. The summed E-state index contributed by atoms with van der Waals surface area (Å²) in [5.41, 5.74) is 3.22. The average molecular weight is 388 g/mol. The Bertz CT molecular complexity index is 1420. The number of hydrogen-bond donors (Lipinski definition) is 1. The van der Waals surface area contributed by atoms with Crippen LogP contribution in [0.2, 0.25) is 0 Å². The van der Waals surface area contributed by atoms with Gasteiger partial charge in [0.25, 0.3) is 5.56 Å². The van der Waals surface area contributed by atoms with E-state index in [1.54, 1.807) is 10.6 Å². The number of thioether (sulfide) groups is 1. The summed E-state index contributed by atoms with van der Waals surface area (Å²) in [5.74, 6) is 1.77. The van der Waals surface area contributed by atoms with E-state index in [4.69, 9.17) is 4.98 Å². The molecule has 0 amide bonds. The van der Waals surface area contributed by atoms with Crippen LogP contribution in [0.25, 0.3) is 27.5 Å². The van der Waals surface area contributed by atoms with E-state index in [-0.39, 0.29) is 5.56 Å². The third kappa shape index (κ3) is 2.73. The van der Waals surface area contributed by atoms with Crippen molar-refractivity contribution >= 4 is 39.2 Å². The highest BCUT2D eigenvalue weighted by molar-refractivity contribution is 7.98. The van der Waals surface area contributed by atoms with Crippen LogP contribution in [-0.4, -0.2) is 29.5 Å². The Balaban J connectivity index is 1.58. The number of nitrogens with zero attached hydrogens (tertiary/aromatic N) is 5. The molecule has 0 spiro atoms. The Kier molecular flexibility index (Phi) is 3.87. The summed E-state index contributed by atoms with van der Waals surface area (Å²) in [6.07, 6.45) is 0. The predicted molar refractivity (Wildman–Crippen MR) is 110 cm³/mol. The van der Waals surface area contributed by atoms with Crippen molar-refractivity contribution in [1.29, 1.82) is 0 Å². The molecule has 8 heteroatoms. The van der Waals surface area contributed by atoms with Gasteiger partial charge in [0.1, 0.15) is 11.6 Å². The van der Waals surface area contributed by atoms with E-state index in [0.717, 1.165) is 27.6 Å². The van der Waals surface area contributed by atoms with Crippen LogP contribution in [0.5, 0.6) is 0 Å². The van der Waals surface area contributed by atoms with Gasteiger partial charge in [0.2, 0.25) is 0 Å². The van der Waals surface area contributed by atoms with Gasteiger partial charge in [-0.2, -0.15) is 4.52 Å². The monoisotopic (exact) mass is 388 g/mol. The van der Waals surface area contributed by atoms with Crippen LogP contribution in [0.3, 0.4) is 0 Å². The maximum Gasteiger partial charge on any atom is 0.258 e. The number of benzene rings is 2. The third-order valence-corrected chi connectivity index (χ3v) is 5.52. The molecule has 5 aromatic rings. The lowest BCUT2D eigenvalue weighted by molar-refractivity contribution is 0.796. The highest BCUT2D eigenvalue weighted by Crippen LogP contribution is 2.25. The fourth-order valence-corrected chi connectivity index (χ4v) is 4.09. The number of nitrogens with one attached hydrogen (secondary N) is 1. The van der Waals surface area contributed by atoms with Gasteiger partial charge in [-0.25, -0.2) is 15.0 Å². The van der Waals surface area contributed by atoms with Crippen molar-refractivity contribution in [3.8, 4) is 0 Å². The van der Waals surface area contributed by atoms with Crippen molar-refractivity contribution in [3.05, 3.63) is 70.0 Å². The highest BCUT2D eigenvalue weighted by atomic mass is 32.2. The van der Waals surface area contributed by atoms with E-state index >= 15 is 0 Å². The van der Waals surface area contributed by atoms with Gasteiger partial charge in [0.15, 0.2) is 10.8 Å². The molecule has 3 heterocycles. The molecule has 0 saturated carbocycles. The van der Waals surface area contributed by atoms with Crippen molar-refractivity contribution in [3.63, 3.8) is 0 Å². The van der Waals surface area contributed by atoms with Crippen LogP contribution >= 0.6 is 11.8 Å². The fourth-order valence-electron chi connectivity index (χ4n) is 3.28. The van der Waals surface area contributed by atoms with Crippen LogP contribution in [0, 0.1) is 13.8 Å². The number of aromatic nitrogens is 6. The Hall–Kier alpha value is -3.26. The molecule has 0 unspecified atom stereocenters. The first-order valence-electron chi connectivity index (χ1n) is 8.83. The number of rotatable bonds is 3. The van der Waals surface area contributed by atoms with Crippen LogP contribution in [-0.2, 0) is 5.75 Å². The smallest absolute Gasteiger partial charge is 0.258 e. The predicted octanol–water partition coefficient (Wildman–Crippen LogP) is 3.42. The van der Waals surface area contributed by atoms with Crippen molar-refractivity contribution in [2.24, 2.45) is 0 Å². The molecule has 0 radical (unpaired) electrons. The van der Waals surface area contributed by atoms with E-state index in [2.05, 4.69) is 20.1 Å². The Labute approximate surface area is 163 Å². The van der Waals surface area contributed by atoms with E-state index in [0.29, 0.717) is 27.9 Å². The van der Waals surface area contributed by atoms with Gasteiger partial charge in [-0.1, -0.05) is 36.0 Å². The van der Waals surface area contributed by atoms with Crippen LogP contribution in [0.15, 0.2) is 52.4 Å². The Morgan fingerprint density at radius 2 is 1.82 bits per heavy atom. The maximum absolute atomic E-state index is 12.4. The lowest BCUT2D eigenvalue weighted by atomic mass is 10.1. The molecule has 1 N–H and O–H groups in total. The number of aromatic amines is 1.